The van der Waals surface area contributed by atoms with Gasteiger partial charge in [-0.3, -0.25) is 9.71 Å². The highest BCUT2D eigenvalue weighted by Gasteiger charge is 2.18. The summed E-state index contributed by atoms with van der Waals surface area (Å²) in [6.07, 6.45) is 4.47. The van der Waals surface area contributed by atoms with E-state index in [9.17, 15) is 8.42 Å². The fraction of sp³-hybridized carbons (Fsp3) is 0.286. The number of sulfonamides is 1. The average molecular weight is 307 g/mol. The van der Waals surface area contributed by atoms with Crippen LogP contribution in [0.2, 0.25) is 0 Å². The lowest BCUT2D eigenvalue weighted by atomic mass is 10.1. The molecule has 0 radical (unpaired) electrons. The molecule has 0 amide bonds. The van der Waals surface area contributed by atoms with Crippen LogP contribution in [0.25, 0.3) is 0 Å². The second-order valence-electron chi connectivity index (χ2n) is 4.77. The van der Waals surface area contributed by atoms with Crippen molar-refractivity contribution in [1.29, 1.82) is 0 Å². The third-order valence-corrected chi connectivity index (χ3v) is 4.27. The molecule has 7 heteroatoms. The van der Waals surface area contributed by atoms with Crippen LogP contribution in [0, 0.1) is 0 Å². The number of pyridine rings is 2. The fourth-order valence-corrected chi connectivity index (χ4v) is 2.74. The summed E-state index contributed by atoms with van der Waals surface area (Å²) in [5.41, 5.74) is 1.23. The number of ether oxygens (including phenoxy) is 1. The Morgan fingerprint density at radius 3 is 2.62 bits per heavy atom. The van der Waals surface area contributed by atoms with Gasteiger partial charge in [0, 0.05) is 18.6 Å². The van der Waals surface area contributed by atoms with Crippen molar-refractivity contribution in [3.05, 3.63) is 42.4 Å². The molecule has 112 valence electrons. The molecule has 0 aliphatic rings. The number of hydrogen-bond acceptors (Lipinski definition) is 5. The molecule has 0 bridgehead atoms. The minimum atomic E-state index is -3.72. The zero-order valence-electron chi connectivity index (χ0n) is 12.1. The van der Waals surface area contributed by atoms with Crippen LogP contribution in [-0.2, 0) is 10.0 Å². The third kappa shape index (κ3) is 3.49. The van der Waals surface area contributed by atoms with Crippen LogP contribution in [0.15, 0.2) is 41.7 Å². The van der Waals surface area contributed by atoms with Crippen molar-refractivity contribution in [1.82, 2.24) is 9.97 Å². The van der Waals surface area contributed by atoms with Crippen LogP contribution in [0.3, 0.4) is 0 Å². The van der Waals surface area contributed by atoms with Crippen LogP contribution < -0.4 is 9.46 Å². The molecule has 0 aromatic carbocycles. The first-order valence-electron chi connectivity index (χ1n) is 6.41. The second-order valence-corrected chi connectivity index (χ2v) is 6.46. The molecule has 0 atom stereocenters. The smallest absolute Gasteiger partial charge is 0.263 e. The Morgan fingerprint density at radius 2 is 2.05 bits per heavy atom. The summed E-state index contributed by atoms with van der Waals surface area (Å²) in [7, 11) is -2.28. The third-order valence-electron chi connectivity index (χ3n) is 2.92. The predicted octanol–water partition coefficient (Wildman–Crippen LogP) is 2.41. The maximum atomic E-state index is 12.3. The first-order valence-corrected chi connectivity index (χ1v) is 7.89. The molecule has 1 N–H and O–H groups in total. The van der Waals surface area contributed by atoms with Gasteiger partial charge in [0.15, 0.2) is 0 Å². The highest BCUT2D eigenvalue weighted by Crippen LogP contribution is 2.27. The van der Waals surface area contributed by atoms with Gasteiger partial charge in [0.25, 0.3) is 10.0 Å². The standard InChI is InChI=1S/C14H17N3O3S/c1-10(2)11-7-13(14(20-3)16-8-11)17-21(18,19)12-5-4-6-15-9-12/h4-10,17H,1-3H3. The molecule has 0 aliphatic carbocycles. The van der Waals surface area contributed by atoms with E-state index in [2.05, 4.69) is 14.7 Å². The summed E-state index contributed by atoms with van der Waals surface area (Å²) in [6.45, 7) is 4.01. The van der Waals surface area contributed by atoms with E-state index >= 15 is 0 Å². The van der Waals surface area contributed by atoms with E-state index in [-0.39, 0.29) is 16.7 Å². The van der Waals surface area contributed by atoms with E-state index in [0.29, 0.717) is 5.69 Å². The van der Waals surface area contributed by atoms with E-state index in [1.165, 1.54) is 25.6 Å². The molecular weight excluding hydrogens is 290 g/mol. The zero-order valence-corrected chi connectivity index (χ0v) is 12.9. The van der Waals surface area contributed by atoms with Gasteiger partial charge in [-0.25, -0.2) is 13.4 Å². The molecule has 0 spiro atoms. The molecule has 0 unspecified atom stereocenters. The topological polar surface area (TPSA) is 81.2 Å². The van der Waals surface area contributed by atoms with Crippen LogP contribution in [0.4, 0.5) is 5.69 Å². The van der Waals surface area contributed by atoms with Crippen LogP contribution >= 0.6 is 0 Å². The molecule has 2 aromatic rings. The second kappa shape index (κ2) is 6.09. The van der Waals surface area contributed by atoms with Crippen LogP contribution in [0.5, 0.6) is 5.88 Å². The highest BCUT2D eigenvalue weighted by atomic mass is 32.2. The fourth-order valence-electron chi connectivity index (χ4n) is 1.73. The SMILES string of the molecule is COc1ncc(C(C)C)cc1NS(=O)(=O)c1cccnc1. The predicted molar refractivity (Wildman–Crippen MR) is 79.9 cm³/mol. The minimum Gasteiger partial charge on any atom is -0.480 e. The summed E-state index contributed by atoms with van der Waals surface area (Å²) in [4.78, 5) is 8.03. The maximum absolute atomic E-state index is 12.3. The van der Waals surface area contributed by atoms with Crippen molar-refractivity contribution in [2.75, 3.05) is 11.8 Å². The summed E-state index contributed by atoms with van der Waals surface area (Å²) >= 11 is 0. The summed E-state index contributed by atoms with van der Waals surface area (Å²) in [6, 6.07) is 4.76. The van der Waals surface area contributed by atoms with Crippen molar-refractivity contribution >= 4 is 15.7 Å². The molecular formula is C14H17N3O3S. The van der Waals surface area contributed by atoms with Gasteiger partial charge in [-0.1, -0.05) is 13.8 Å². The first kappa shape index (κ1) is 15.2. The van der Waals surface area contributed by atoms with Crippen molar-refractivity contribution in [2.24, 2.45) is 0 Å². The summed E-state index contributed by atoms with van der Waals surface area (Å²) in [5.74, 6) is 0.455. The average Bonchev–Trinajstić information content (AvgIpc) is 2.47. The Kier molecular flexibility index (Phi) is 4.42. The lowest BCUT2D eigenvalue weighted by Crippen LogP contribution is -2.14. The molecule has 0 saturated carbocycles. The normalized spacial score (nSPS) is 11.4. The molecule has 2 heterocycles. The maximum Gasteiger partial charge on any atom is 0.263 e. The number of aromatic nitrogens is 2. The summed E-state index contributed by atoms with van der Waals surface area (Å²) < 4.78 is 32.2. The minimum absolute atomic E-state index is 0.0852. The van der Waals surface area contributed by atoms with E-state index in [4.69, 9.17) is 4.74 Å². The Bertz CT molecular complexity index is 715. The van der Waals surface area contributed by atoms with Crippen molar-refractivity contribution in [3.63, 3.8) is 0 Å². The largest absolute Gasteiger partial charge is 0.480 e. The number of rotatable bonds is 5. The van der Waals surface area contributed by atoms with Gasteiger partial charge in [-0.2, -0.15) is 0 Å². The first-order chi connectivity index (χ1) is 9.94. The molecule has 0 aliphatic heterocycles. The van der Waals surface area contributed by atoms with E-state index in [1.54, 1.807) is 18.3 Å². The van der Waals surface area contributed by atoms with Gasteiger partial charge in [0.1, 0.15) is 10.6 Å². The molecule has 0 fully saturated rings. The number of nitrogens with zero attached hydrogens (tertiary/aromatic N) is 2. The van der Waals surface area contributed by atoms with Crippen molar-refractivity contribution < 1.29 is 13.2 Å². The van der Waals surface area contributed by atoms with Gasteiger partial charge >= 0.3 is 0 Å². The molecule has 0 saturated heterocycles. The van der Waals surface area contributed by atoms with E-state index in [0.717, 1.165) is 5.56 Å². The highest BCUT2D eigenvalue weighted by molar-refractivity contribution is 7.92. The van der Waals surface area contributed by atoms with Gasteiger partial charge in [-0.15, -0.1) is 0 Å². The van der Waals surface area contributed by atoms with Gasteiger partial charge in [-0.05, 0) is 29.7 Å². The zero-order chi connectivity index (χ0) is 15.5. The van der Waals surface area contributed by atoms with Crippen LogP contribution in [0.1, 0.15) is 25.3 Å². The van der Waals surface area contributed by atoms with Gasteiger partial charge in [0.2, 0.25) is 5.88 Å². The Balaban J connectivity index is 2.40. The lowest BCUT2D eigenvalue weighted by Gasteiger charge is -2.13. The van der Waals surface area contributed by atoms with E-state index < -0.39 is 10.0 Å². The number of anilines is 1. The van der Waals surface area contributed by atoms with E-state index in [1.807, 2.05) is 13.8 Å². The number of methoxy groups -OCH3 is 1. The lowest BCUT2D eigenvalue weighted by molar-refractivity contribution is 0.399. The summed E-state index contributed by atoms with van der Waals surface area (Å²) in [5, 5.41) is 0. The molecule has 2 aromatic heterocycles. The number of hydrogen-bond donors (Lipinski definition) is 1. The quantitative estimate of drug-likeness (QED) is 0.917. The monoisotopic (exact) mass is 307 g/mol. The number of nitrogens with one attached hydrogen (secondary N) is 1. The van der Waals surface area contributed by atoms with Crippen molar-refractivity contribution in [3.8, 4) is 5.88 Å². The molecule has 6 nitrogen and oxygen atoms in total. The van der Waals surface area contributed by atoms with Crippen LogP contribution in [-0.4, -0.2) is 25.5 Å². The van der Waals surface area contributed by atoms with Crippen molar-refractivity contribution in [2.45, 2.75) is 24.7 Å². The van der Waals surface area contributed by atoms with Gasteiger partial charge < -0.3 is 4.74 Å². The Hall–Kier alpha value is -2.15. The Labute approximate surface area is 124 Å². The Morgan fingerprint density at radius 1 is 1.29 bits per heavy atom. The molecule has 21 heavy (non-hydrogen) atoms. The van der Waals surface area contributed by atoms with Gasteiger partial charge in [0.05, 0.1) is 7.11 Å². The molecule has 2 rings (SSSR count).